The van der Waals surface area contributed by atoms with E-state index in [4.69, 9.17) is 0 Å². The normalized spacial score (nSPS) is 15.4. The number of hydrogen-bond donors (Lipinski definition) is 1. The lowest BCUT2D eigenvalue weighted by atomic mass is 10.1. The van der Waals surface area contributed by atoms with E-state index in [1.54, 1.807) is 43.3 Å². The molecule has 1 fully saturated rings. The van der Waals surface area contributed by atoms with Gasteiger partial charge in [-0.15, -0.1) is 0 Å². The highest BCUT2D eigenvalue weighted by Gasteiger charge is 2.26. The van der Waals surface area contributed by atoms with Gasteiger partial charge in [0.25, 0.3) is 5.91 Å². The van der Waals surface area contributed by atoms with Gasteiger partial charge in [-0.1, -0.05) is 12.1 Å². The minimum atomic E-state index is -3.45. The van der Waals surface area contributed by atoms with Gasteiger partial charge >= 0.3 is 0 Å². The highest BCUT2D eigenvalue weighted by Crippen LogP contribution is 2.21. The van der Waals surface area contributed by atoms with Gasteiger partial charge in [-0.05, 0) is 69.5 Å². The molecule has 1 amide bonds. The zero-order chi connectivity index (χ0) is 22.9. The minimum absolute atomic E-state index is 0.273. The van der Waals surface area contributed by atoms with E-state index in [1.165, 1.54) is 4.31 Å². The molecule has 1 aliphatic heterocycles. The fourth-order valence-corrected chi connectivity index (χ4v) is 5.52. The first-order chi connectivity index (χ1) is 15.3. The molecule has 1 N–H and O–H groups in total. The van der Waals surface area contributed by atoms with Gasteiger partial charge in [0, 0.05) is 25.2 Å². The van der Waals surface area contributed by atoms with Gasteiger partial charge in [0.1, 0.15) is 5.82 Å². The van der Waals surface area contributed by atoms with Crippen molar-refractivity contribution in [3.63, 3.8) is 0 Å². The Bertz CT molecular complexity index is 1290. The Morgan fingerprint density at radius 3 is 2.41 bits per heavy atom. The van der Waals surface area contributed by atoms with Gasteiger partial charge in [-0.2, -0.15) is 9.41 Å². The summed E-state index contributed by atoms with van der Waals surface area (Å²) < 4.78 is 28.9. The zero-order valence-electron chi connectivity index (χ0n) is 18.5. The molecule has 0 radical (unpaired) electrons. The van der Waals surface area contributed by atoms with Crippen molar-refractivity contribution in [1.82, 2.24) is 19.3 Å². The van der Waals surface area contributed by atoms with Crippen molar-refractivity contribution >= 4 is 32.7 Å². The maximum atomic E-state index is 12.7. The van der Waals surface area contributed by atoms with E-state index in [1.807, 2.05) is 13.0 Å². The molecule has 2 aromatic carbocycles. The summed E-state index contributed by atoms with van der Waals surface area (Å²) in [7, 11) is -3.45. The summed E-state index contributed by atoms with van der Waals surface area (Å²) >= 11 is 0. The monoisotopic (exact) mass is 453 g/mol. The molecule has 32 heavy (non-hydrogen) atoms. The summed E-state index contributed by atoms with van der Waals surface area (Å²) in [6.45, 7) is 7.72. The number of aryl methyl sites for hydroxylation is 2. The first-order valence-corrected chi connectivity index (χ1v) is 12.2. The Morgan fingerprint density at radius 2 is 1.75 bits per heavy atom. The Hall–Kier alpha value is -3.04. The second-order valence-electron chi connectivity index (χ2n) is 7.88. The van der Waals surface area contributed by atoms with E-state index in [0.717, 1.165) is 41.8 Å². The van der Waals surface area contributed by atoms with Gasteiger partial charge in [-0.3, -0.25) is 4.79 Å². The molecule has 0 bridgehead atoms. The molecular formula is C23H27N5O3S. The fraction of sp³-hybridized carbons (Fsp3) is 0.348. The molecule has 1 aliphatic rings. The van der Waals surface area contributed by atoms with Crippen LogP contribution in [0, 0.1) is 6.92 Å². The molecule has 0 saturated carbocycles. The van der Waals surface area contributed by atoms with Crippen LogP contribution in [0.25, 0.3) is 11.0 Å². The molecule has 9 heteroatoms. The number of hydrazone groups is 1. The summed E-state index contributed by atoms with van der Waals surface area (Å²) in [5.41, 5.74) is 6.12. The van der Waals surface area contributed by atoms with E-state index in [0.29, 0.717) is 24.4 Å². The Kier molecular flexibility index (Phi) is 6.12. The van der Waals surface area contributed by atoms with Crippen LogP contribution in [-0.2, 0) is 16.6 Å². The number of nitrogens with one attached hydrogen (secondary N) is 1. The number of rotatable bonds is 6. The van der Waals surface area contributed by atoms with Crippen LogP contribution in [0.4, 0.5) is 0 Å². The summed E-state index contributed by atoms with van der Waals surface area (Å²) in [6, 6.07) is 12.0. The van der Waals surface area contributed by atoms with Crippen LogP contribution < -0.4 is 5.43 Å². The van der Waals surface area contributed by atoms with Crippen LogP contribution >= 0.6 is 0 Å². The van der Waals surface area contributed by atoms with Crippen LogP contribution in [0.3, 0.4) is 0 Å². The SMILES string of the molecule is CCn1c(C)nc2cc(C(=O)N/N=C(\C)c3ccc(S(=O)(=O)N4CCCC4)cc3)ccc21. The Balaban J connectivity index is 1.47. The minimum Gasteiger partial charge on any atom is -0.329 e. The molecule has 1 saturated heterocycles. The van der Waals surface area contributed by atoms with Crippen LogP contribution in [-0.4, -0.2) is 47.0 Å². The van der Waals surface area contributed by atoms with Crippen molar-refractivity contribution in [3.05, 3.63) is 59.4 Å². The molecule has 0 aliphatic carbocycles. The average molecular weight is 454 g/mol. The predicted molar refractivity (Wildman–Crippen MR) is 124 cm³/mol. The Labute approximate surface area is 188 Å². The molecule has 8 nitrogen and oxygen atoms in total. The summed E-state index contributed by atoms with van der Waals surface area (Å²) in [5, 5.41) is 4.19. The Morgan fingerprint density at radius 1 is 1.09 bits per heavy atom. The standard InChI is InChI=1S/C23H27N5O3S/c1-4-28-17(3)24-21-15-19(9-12-22(21)28)23(29)26-25-16(2)18-7-10-20(11-8-18)32(30,31)27-13-5-6-14-27/h7-12,15H,4-6,13-14H2,1-3H3,(H,26,29)/b25-16+. The molecule has 2 heterocycles. The van der Waals surface area contributed by atoms with E-state index in [-0.39, 0.29) is 10.8 Å². The van der Waals surface area contributed by atoms with Crippen LogP contribution in [0.2, 0.25) is 0 Å². The van der Waals surface area contributed by atoms with Crippen LogP contribution in [0.15, 0.2) is 52.5 Å². The number of nitrogens with zero attached hydrogens (tertiary/aromatic N) is 4. The van der Waals surface area contributed by atoms with Crippen molar-refractivity contribution in [2.24, 2.45) is 5.10 Å². The second kappa shape index (κ2) is 8.84. The van der Waals surface area contributed by atoms with Crippen molar-refractivity contribution in [2.45, 2.75) is 45.1 Å². The number of fused-ring (bicyclic) bond motifs is 1. The third-order valence-electron chi connectivity index (χ3n) is 5.82. The van der Waals surface area contributed by atoms with E-state index < -0.39 is 10.0 Å². The van der Waals surface area contributed by atoms with E-state index in [9.17, 15) is 13.2 Å². The lowest BCUT2D eigenvalue weighted by molar-refractivity contribution is 0.0955. The molecule has 0 spiro atoms. The number of benzene rings is 2. The van der Waals surface area contributed by atoms with Gasteiger partial charge in [0.2, 0.25) is 10.0 Å². The lowest BCUT2D eigenvalue weighted by Crippen LogP contribution is -2.27. The number of amides is 1. The molecule has 0 atom stereocenters. The summed E-state index contributed by atoms with van der Waals surface area (Å²) in [6.07, 6.45) is 1.80. The molecule has 1 aromatic heterocycles. The highest BCUT2D eigenvalue weighted by atomic mass is 32.2. The first-order valence-electron chi connectivity index (χ1n) is 10.7. The highest BCUT2D eigenvalue weighted by molar-refractivity contribution is 7.89. The summed E-state index contributed by atoms with van der Waals surface area (Å²) in [4.78, 5) is 17.4. The first kappa shape index (κ1) is 22.2. The molecule has 3 aromatic rings. The van der Waals surface area contributed by atoms with Crippen LogP contribution in [0.5, 0.6) is 0 Å². The predicted octanol–water partition coefficient (Wildman–Crippen LogP) is 3.30. The number of imidazole rings is 1. The lowest BCUT2D eigenvalue weighted by Gasteiger charge is -2.15. The average Bonchev–Trinajstić information content (AvgIpc) is 3.44. The number of aromatic nitrogens is 2. The third kappa shape index (κ3) is 4.18. The molecule has 0 unspecified atom stereocenters. The zero-order valence-corrected chi connectivity index (χ0v) is 19.3. The number of carbonyl (C=O) groups excluding carboxylic acids is 1. The van der Waals surface area contributed by atoms with Gasteiger partial charge in [0.15, 0.2) is 0 Å². The van der Waals surface area contributed by atoms with Crippen molar-refractivity contribution in [3.8, 4) is 0 Å². The quantitative estimate of drug-likeness (QED) is 0.457. The molecule has 168 valence electrons. The topological polar surface area (TPSA) is 96.7 Å². The van der Waals surface area contributed by atoms with E-state index >= 15 is 0 Å². The van der Waals surface area contributed by atoms with Gasteiger partial charge < -0.3 is 4.57 Å². The van der Waals surface area contributed by atoms with Crippen molar-refractivity contribution in [1.29, 1.82) is 0 Å². The summed E-state index contributed by atoms with van der Waals surface area (Å²) in [5.74, 6) is 0.576. The smallest absolute Gasteiger partial charge is 0.271 e. The fourth-order valence-electron chi connectivity index (χ4n) is 4.00. The number of sulfonamides is 1. The largest absolute Gasteiger partial charge is 0.329 e. The number of hydrogen-bond acceptors (Lipinski definition) is 5. The van der Waals surface area contributed by atoms with Crippen LogP contribution in [0.1, 0.15) is 48.4 Å². The van der Waals surface area contributed by atoms with Crippen molar-refractivity contribution in [2.75, 3.05) is 13.1 Å². The molecular weight excluding hydrogens is 426 g/mol. The van der Waals surface area contributed by atoms with Gasteiger partial charge in [0.05, 0.1) is 21.6 Å². The maximum absolute atomic E-state index is 12.7. The number of carbonyl (C=O) groups is 1. The second-order valence-corrected chi connectivity index (χ2v) is 9.82. The van der Waals surface area contributed by atoms with Gasteiger partial charge in [-0.25, -0.2) is 18.8 Å². The maximum Gasteiger partial charge on any atom is 0.271 e. The van der Waals surface area contributed by atoms with Crippen molar-refractivity contribution < 1.29 is 13.2 Å². The molecule has 4 rings (SSSR count). The van der Waals surface area contributed by atoms with E-state index in [2.05, 4.69) is 27.0 Å². The third-order valence-corrected chi connectivity index (χ3v) is 7.73.